The Morgan fingerprint density at radius 3 is 2.59 bits per heavy atom. The third-order valence-corrected chi connectivity index (χ3v) is 5.42. The Labute approximate surface area is 173 Å². The number of hydrogen-bond acceptors (Lipinski definition) is 5. The number of nitriles is 1. The van der Waals surface area contributed by atoms with Crippen LogP contribution in [0.4, 0.5) is 17.1 Å². The van der Waals surface area contributed by atoms with Gasteiger partial charge in [0, 0.05) is 43.2 Å². The van der Waals surface area contributed by atoms with E-state index in [-0.39, 0.29) is 5.91 Å². The molecule has 152 valence electrons. The summed E-state index contributed by atoms with van der Waals surface area (Å²) in [6, 6.07) is 15.0. The first-order valence-electron chi connectivity index (χ1n) is 10.2. The molecule has 0 aromatic heterocycles. The van der Waals surface area contributed by atoms with Crippen molar-refractivity contribution in [1.82, 2.24) is 4.90 Å². The van der Waals surface area contributed by atoms with Crippen molar-refractivity contribution in [2.45, 2.75) is 26.8 Å². The number of likely N-dealkylation sites (N-methyl/N-ethyl adjacent to an activating group) is 1. The molecule has 1 unspecified atom stereocenters. The molecule has 6 nitrogen and oxygen atoms in total. The van der Waals surface area contributed by atoms with Gasteiger partial charge in [-0.1, -0.05) is 13.0 Å². The lowest BCUT2D eigenvalue weighted by Crippen LogP contribution is -2.46. The second-order valence-corrected chi connectivity index (χ2v) is 7.47. The van der Waals surface area contributed by atoms with Crippen LogP contribution in [0.1, 0.15) is 25.0 Å². The van der Waals surface area contributed by atoms with Gasteiger partial charge in [-0.2, -0.15) is 5.26 Å². The van der Waals surface area contributed by atoms with Crippen LogP contribution in [0.25, 0.3) is 0 Å². The summed E-state index contributed by atoms with van der Waals surface area (Å²) in [4.78, 5) is 17.4. The predicted octanol–water partition coefficient (Wildman–Crippen LogP) is 3.45. The van der Waals surface area contributed by atoms with E-state index >= 15 is 0 Å². The first-order chi connectivity index (χ1) is 14.0. The molecule has 1 aliphatic heterocycles. The van der Waals surface area contributed by atoms with Crippen LogP contribution in [0.3, 0.4) is 0 Å². The Morgan fingerprint density at radius 2 is 1.93 bits per heavy atom. The highest BCUT2D eigenvalue weighted by Crippen LogP contribution is 2.24. The lowest BCUT2D eigenvalue weighted by atomic mass is 10.1. The van der Waals surface area contributed by atoms with Crippen molar-refractivity contribution in [2.75, 3.05) is 48.3 Å². The number of hydrogen-bond donors (Lipinski definition) is 2. The topological polar surface area (TPSA) is 71.4 Å². The Kier molecular flexibility index (Phi) is 6.73. The molecule has 29 heavy (non-hydrogen) atoms. The Bertz CT molecular complexity index is 896. The van der Waals surface area contributed by atoms with E-state index in [4.69, 9.17) is 5.26 Å². The predicted molar refractivity (Wildman–Crippen MR) is 118 cm³/mol. The molecule has 0 aliphatic carbocycles. The van der Waals surface area contributed by atoms with Crippen LogP contribution in [0.5, 0.6) is 0 Å². The summed E-state index contributed by atoms with van der Waals surface area (Å²) in [5.41, 5.74) is 4.45. The molecule has 0 saturated carbocycles. The third-order valence-electron chi connectivity index (χ3n) is 5.42. The van der Waals surface area contributed by atoms with Crippen LogP contribution in [-0.2, 0) is 4.79 Å². The molecule has 0 radical (unpaired) electrons. The molecule has 2 aromatic carbocycles. The quantitative estimate of drug-likeness (QED) is 0.789. The van der Waals surface area contributed by atoms with Crippen molar-refractivity contribution in [1.29, 1.82) is 5.26 Å². The molecule has 6 heteroatoms. The van der Waals surface area contributed by atoms with E-state index in [0.717, 1.165) is 44.0 Å². The van der Waals surface area contributed by atoms with Crippen molar-refractivity contribution in [3.8, 4) is 6.07 Å². The monoisotopic (exact) mass is 391 g/mol. The van der Waals surface area contributed by atoms with E-state index in [1.54, 1.807) is 24.3 Å². The van der Waals surface area contributed by atoms with Crippen molar-refractivity contribution in [3.05, 3.63) is 53.6 Å². The Hall–Kier alpha value is -3.04. The minimum absolute atomic E-state index is 0.140. The zero-order valence-corrected chi connectivity index (χ0v) is 17.4. The molecular formula is C23H29N5O. The fourth-order valence-corrected chi connectivity index (χ4v) is 3.54. The summed E-state index contributed by atoms with van der Waals surface area (Å²) in [6.07, 6.45) is 0. The second-order valence-electron chi connectivity index (χ2n) is 7.47. The maximum atomic E-state index is 12.5. The van der Waals surface area contributed by atoms with Crippen molar-refractivity contribution in [2.24, 2.45) is 0 Å². The van der Waals surface area contributed by atoms with E-state index in [1.165, 1.54) is 5.69 Å². The summed E-state index contributed by atoms with van der Waals surface area (Å²) in [5.74, 6) is -0.140. The SMILES string of the molecule is CCN1CCN(c2ccc(NC(C)C(=O)Nc3cccc(C#N)c3)c(C)c2)CC1. The normalized spacial score (nSPS) is 15.4. The molecule has 1 amide bonds. The van der Waals surface area contributed by atoms with E-state index in [0.29, 0.717) is 11.3 Å². The first-order valence-corrected chi connectivity index (χ1v) is 10.2. The molecular weight excluding hydrogens is 362 g/mol. The zero-order valence-electron chi connectivity index (χ0n) is 17.4. The van der Waals surface area contributed by atoms with Gasteiger partial charge in [-0.05, 0) is 62.4 Å². The van der Waals surface area contributed by atoms with E-state index < -0.39 is 6.04 Å². The average Bonchev–Trinajstić information content (AvgIpc) is 2.75. The highest BCUT2D eigenvalue weighted by molar-refractivity contribution is 5.96. The molecule has 1 heterocycles. The van der Waals surface area contributed by atoms with Gasteiger partial charge in [-0.3, -0.25) is 4.79 Å². The highest BCUT2D eigenvalue weighted by Gasteiger charge is 2.18. The largest absolute Gasteiger partial charge is 0.374 e. The van der Waals surface area contributed by atoms with Crippen molar-refractivity contribution >= 4 is 23.0 Å². The smallest absolute Gasteiger partial charge is 0.246 e. The molecule has 0 bridgehead atoms. The van der Waals surface area contributed by atoms with E-state index in [2.05, 4.69) is 58.5 Å². The number of nitrogens with zero attached hydrogens (tertiary/aromatic N) is 3. The molecule has 2 aromatic rings. The van der Waals surface area contributed by atoms with Crippen molar-refractivity contribution in [3.63, 3.8) is 0 Å². The third kappa shape index (κ3) is 5.27. The van der Waals surface area contributed by atoms with Crippen LogP contribution in [0.15, 0.2) is 42.5 Å². The molecule has 2 N–H and O–H groups in total. The van der Waals surface area contributed by atoms with E-state index in [9.17, 15) is 4.79 Å². The average molecular weight is 392 g/mol. The zero-order chi connectivity index (χ0) is 20.8. The number of piperazine rings is 1. The van der Waals surface area contributed by atoms with Gasteiger partial charge in [0.25, 0.3) is 0 Å². The van der Waals surface area contributed by atoms with Gasteiger partial charge in [0.05, 0.1) is 11.6 Å². The van der Waals surface area contributed by atoms with Crippen LogP contribution in [0, 0.1) is 18.3 Å². The highest BCUT2D eigenvalue weighted by atomic mass is 16.2. The summed E-state index contributed by atoms with van der Waals surface area (Å²) >= 11 is 0. The minimum atomic E-state index is -0.404. The van der Waals surface area contributed by atoms with Crippen molar-refractivity contribution < 1.29 is 4.79 Å². The number of aryl methyl sites for hydroxylation is 1. The number of carbonyl (C=O) groups excluding carboxylic acids is 1. The van der Waals surface area contributed by atoms with Crippen LogP contribution < -0.4 is 15.5 Å². The van der Waals surface area contributed by atoms with Gasteiger partial charge in [-0.15, -0.1) is 0 Å². The summed E-state index contributed by atoms with van der Waals surface area (Å²) < 4.78 is 0. The fourth-order valence-electron chi connectivity index (χ4n) is 3.54. The summed E-state index contributed by atoms with van der Waals surface area (Å²) in [7, 11) is 0. The van der Waals surface area contributed by atoms with Crippen LogP contribution >= 0.6 is 0 Å². The van der Waals surface area contributed by atoms with Crippen LogP contribution in [0.2, 0.25) is 0 Å². The number of carbonyl (C=O) groups is 1. The molecule has 1 atom stereocenters. The molecule has 0 spiro atoms. The van der Waals surface area contributed by atoms with Gasteiger partial charge in [0.15, 0.2) is 0 Å². The maximum absolute atomic E-state index is 12.5. The molecule has 1 saturated heterocycles. The molecule has 1 fully saturated rings. The first kappa shape index (κ1) is 20.7. The van der Waals surface area contributed by atoms with Gasteiger partial charge < -0.3 is 20.4 Å². The second kappa shape index (κ2) is 9.44. The number of anilines is 3. The lowest BCUT2D eigenvalue weighted by molar-refractivity contribution is -0.116. The van der Waals surface area contributed by atoms with E-state index in [1.807, 2.05) is 6.92 Å². The number of benzene rings is 2. The van der Waals surface area contributed by atoms with Gasteiger partial charge in [0.1, 0.15) is 6.04 Å². The lowest BCUT2D eigenvalue weighted by Gasteiger charge is -2.35. The summed E-state index contributed by atoms with van der Waals surface area (Å²) in [5, 5.41) is 15.2. The number of nitrogens with one attached hydrogen (secondary N) is 2. The molecule has 3 rings (SSSR count). The maximum Gasteiger partial charge on any atom is 0.246 e. The molecule has 1 aliphatic rings. The standard InChI is InChI=1S/C23H29N5O/c1-4-27-10-12-28(13-11-27)21-8-9-22(17(2)14-21)25-18(3)23(29)26-20-7-5-6-19(15-20)16-24/h5-9,14-15,18,25H,4,10-13H2,1-3H3,(H,26,29). The Balaban J connectivity index is 1.60. The fraction of sp³-hybridized carbons (Fsp3) is 0.391. The van der Waals surface area contributed by atoms with Gasteiger partial charge in [-0.25, -0.2) is 0 Å². The Morgan fingerprint density at radius 1 is 1.17 bits per heavy atom. The van der Waals surface area contributed by atoms with Gasteiger partial charge in [0.2, 0.25) is 5.91 Å². The number of rotatable bonds is 6. The van der Waals surface area contributed by atoms with Gasteiger partial charge >= 0.3 is 0 Å². The minimum Gasteiger partial charge on any atom is -0.374 e. The van der Waals surface area contributed by atoms with Crippen LogP contribution in [-0.4, -0.2) is 49.6 Å². The summed E-state index contributed by atoms with van der Waals surface area (Å²) in [6.45, 7) is 11.5. The number of amides is 1.